The van der Waals surface area contributed by atoms with Gasteiger partial charge in [-0.25, -0.2) is 0 Å². The van der Waals surface area contributed by atoms with Gasteiger partial charge >= 0.3 is 0 Å². The van der Waals surface area contributed by atoms with Gasteiger partial charge < -0.3 is 20.5 Å². The minimum absolute atomic E-state index is 0. The topological polar surface area (TPSA) is 70.6 Å². The molecule has 2 aliphatic rings. The highest BCUT2D eigenvalue weighted by Crippen LogP contribution is 2.33. The Morgan fingerprint density at radius 1 is 1.04 bits per heavy atom. The van der Waals surface area contributed by atoms with Crippen LogP contribution in [0.2, 0.25) is 0 Å². The molecule has 2 aromatic carbocycles. The van der Waals surface area contributed by atoms with E-state index in [1.807, 2.05) is 48.5 Å². The number of aliphatic hydroxyl groups excluding tert-OH is 1. The number of carbonyl (C=O) groups is 1. The molecule has 0 spiro atoms. The summed E-state index contributed by atoms with van der Waals surface area (Å²) in [6.07, 6.45) is 1.07. The Labute approximate surface area is 171 Å². The molecule has 0 aromatic heterocycles. The third-order valence-corrected chi connectivity index (χ3v) is 5.73. The predicted molar refractivity (Wildman–Crippen MR) is 111 cm³/mol. The lowest BCUT2D eigenvalue weighted by Gasteiger charge is -2.35. The normalized spacial score (nSPS) is 26.0. The van der Waals surface area contributed by atoms with Crippen molar-refractivity contribution in [2.45, 2.75) is 31.6 Å². The third-order valence-electron chi connectivity index (χ3n) is 5.73. The fourth-order valence-corrected chi connectivity index (χ4v) is 4.21. The van der Waals surface area contributed by atoms with Gasteiger partial charge in [-0.2, -0.15) is 0 Å². The van der Waals surface area contributed by atoms with Gasteiger partial charge in [0.2, 0.25) is 0 Å². The number of hydrogen-bond donors (Lipinski definition) is 3. The lowest BCUT2D eigenvalue weighted by Crippen LogP contribution is -2.49. The molecule has 150 valence electrons. The number of rotatable bonds is 5. The molecule has 4 atom stereocenters. The molecule has 1 aliphatic heterocycles. The van der Waals surface area contributed by atoms with Gasteiger partial charge in [-0.1, -0.05) is 42.5 Å². The molecule has 28 heavy (non-hydrogen) atoms. The molecule has 5 nitrogen and oxygen atoms in total. The van der Waals surface area contributed by atoms with Crippen LogP contribution in [0.5, 0.6) is 5.75 Å². The summed E-state index contributed by atoms with van der Waals surface area (Å²) in [4.78, 5) is 12.9. The maximum absolute atomic E-state index is 12.9. The zero-order valence-electron chi connectivity index (χ0n) is 15.7. The first-order valence-corrected chi connectivity index (χ1v) is 9.66. The molecular formula is C22H27ClN2O3. The van der Waals surface area contributed by atoms with E-state index in [9.17, 15) is 9.90 Å². The first kappa shape index (κ1) is 20.6. The molecule has 6 heteroatoms. The van der Waals surface area contributed by atoms with Crippen molar-refractivity contribution in [1.82, 2.24) is 10.6 Å². The summed E-state index contributed by atoms with van der Waals surface area (Å²) in [6.45, 7) is 2.35. The summed E-state index contributed by atoms with van der Waals surface area (Å²) in [5.41, 5.74) is 1.56. The van der Waals surface area contributed by atoms with Gasteiger partial charge in [0, 0.05) is 0 Å². The summed E-state index contributed by atoms with van der Waals surface area (Å²) in [5.74, 6) is 1.43. The van der Waals surface area contributed by atoms with E-state index in [1.165, 1.54) is 0 Å². The smallest absolute Gasteiger partial charge is 0.255 e. The average molecular weight is 403 g/mol. The number of nitrogens with one attached hydrogen (secondary N) is 2. The Morgan fingerprint density at radius 2 is 1.71 bits per heavy atom. The molecule has 1 saturated carbocycles. The summed E-state index contributed by atoms with van der Waals surface area (Å²) in [6, 6.07) is 16.9. The number of halogens is 1. The summed E-state index contributed by atoms with van der Waals surface area (Å²) in [7, 11) is 0. The molecule has 0 radical (unpaired) electrons. The van der Waals surface area contributed by atoms with Crippen LogP contribution in [0.1, 0.15) is 28.8 Å². The van der Waals surface area contributed by atoms with Crippen LogP contribution in [0.25, 0.3) is 0 Å². The van der Waals surface area contributed by atoms with Crippen molar-refractivity contribution in [3.63, 3.8) is 0 Å². The van der Waals surface area contributed by atoms with Gasteiger partial charge in [0.15, 0.2) is 0 Å². The molecule has 0 unspecified atom stereocenters. The molecule has 1 heterocycles. The fraction of sp³-hybridized carbons (Fsp3) is 0.409. The Morgan fingerprint density at radius 3 is 2.50 bits per heavy atom. The Bertz CT molecular complexity index is 786. The number of aliphatic hydroxyl groups is 1. The van der Waals surface area contributed by atoms with Crippen molar-refractivity contribution in [3.05, 3.63) is 65.7 Å². The highest BCUT2D eigenvalue weighted by molar-refractivity contribution is 5.97. The SMILES string of the molecule is Cl.O=C(N[C@H]1C[C@H]2CNC[C@H]2C[C@@H]1O)c1ccccc1OCc1ccccc1. The molecule has 4 rings (SSSR count). The molecular weight excluding hydrogens is 376 g/mol. The van der Waals surface area contributed by atoms with E-state index in [-0.39, 0.29) is 24.4 Å². The van der Waals surface area contributed by atoms with Crippen LogP contribution in [-0.2, 0) is 6.61 Å². The van der Waals surface area contributed by atoms with Crippen molar-refractivity contribution in [3.8, 4) is 5.75 Å². The summed E-state index contributed by atoms with van der Waals surface area (Å²) in [5, 5.41) is 16.9. The first-order chi connectivity index (χ1) is 13.2. The van der Waals surface area contributed by atoms with Crippen LogP contribution in [0.15, 0.2) is 54.6 Å². The van der Waals surface area contributed by atoms with Crippen LogP contribution in [0.4, 0.5) is 0 Å². The minimum Gasteiger partial charge on any atom is -0.488 e. The van der Waals surface area contributed by atoms with Crippen LogP contribution in [0.3, 0.4) is 0 Å². The molecule has 2 aromatic rings. The van der Waals surface area contributed by atoms with Crippen molar-refractivity contribution in [1.29, 1.82) is 0 Å². The fourth-order valence-electron chi connectivity index (χ4n) is 4.21. The Hall–Kier alpha value is -2.08. The number of benzene rings is 2. The number of carbonyl (C=O) groups excluding carboxylic acids is 1. The second kappa shape index (κ2) is 9.41. The van der Waals surface area contributed by atoms with E-state index in [4.69, 9.17) is 4.74 Å². The second-order valence-corrected chi connectivity index (χ2v) is 7.57. The zero-order chi connectivity index (χ0) is 18.6. The summed E-state index contributed by atoms with van der Waals surface area (Å²) < 4.78 is 5.90. The zero-order valence-corrected chi connectivity index (χ0v) is 16.5. The van der Waals surface area contributed by atoms with E-state index >= 15 is 0 Å². The minimum atomic E-state index is -0.493. The van der Waals surface area contributed by atoms with Gasteiger partial charge in [-0.05, 0) is 55.5 Å². The number of para-hydroxylation sites is 1. The monoisotopic (exact) mass is 402 g/mol. The number of fused-ring (bicyclic) bond motifs is 1. The van der Waals surface area contributed by atoms with E-state index in [2.05, 4.69) is 10.6 Å². The highest BCUT2D eigenvalue weighted by atomic mass is 35.5. The average Bonchev–Trinajstić information content (AvgIpc) is 3.14. The van der Waals surface area contributed by atoms with E-state index in [0.717, 1.165) is 31.5 Å². The lowest BCUT2D eigenvalue weighted by molar-refractivity contribution is 0.0460. The Balaban J connectivity index is 0.00000225. The van der Waals surface area contributed by atoms with Crippen molar-refractivity contribution in [2.24, 2.45) is 11.8 Å². The van der Waals surface area contributed by atoms with Crippen LogP contribution >= 0.6 is 12.4 Å². The van der Waals surface area contributed by atoms with E-state index in [0.29, 0.717) is 29.8 Å². The quantitative estimate of drug-likeness (QED) is 0.719. The molecule has 3 N–H and O–H groups in total. The summed E-state index contributed by atoms with van der Waals surface area (Å²) >= 11 is 0. The second-order valence-electron chi connectivity index (χ2n) is 7.57. The molecule has 1 saturated heterocycles. The van der Waals surface area contributed by atoms with Gasteiger partial charge in [-0.15, -0.1) is 12.4 Å². The van der Waals surface area contributed by atoms with E-state index < -0.39 is 6.10 Å². The molecule has 0 bridgehead atoms. The van der Waals surface area contributed by atoms with Crippen molar-refractivity contribution >= 4 is 18.3 Å². The third kappa shape index (κ3) is 4.66. The first-order valence-electron chi connectivity index (χ1n) is 9.66. The number of hydrogen-bond acceptors (Lipinski definition) is 4. The van der Waals surface area contributed by atoms with Crippen molar-refractivity contribution in [2.75, 3.05) is 13.1 Å². The Kier molecular flexibility index (Phi) is 6.94. The van der Waals surface area contributed by atoms with Gasteiger partial charge in [-0.3, -0.25) is 4.79 Å². The molecule has 1 amide bonds. The standard InChI is InChI=1S/C22H26N2O3.ClH/c25-20-11-17-13-23-12-16(17)10-19(20)24-22(26)18-8-4-5-9-21(18)27-14-15-6-2-1-3-7-15;/h1-9,16-17,19-20,23,25H,10-14H2,(H,24,26);1H/t16-,17+,19-,20-;/m0./s1. The lowest BCUT2D eigenvalue weighted by atomic mass is 9.77. The predicted octanol–water partition coefficient (Wildman–Crippen LogP) is 2.78. The van der Waals surface area contributed by atoms with Gasteiger partial charge in [0.05, 0.1) is 17.7 Å². The molecule has 1 aliphatic carbocycles. The highest BCUT2D eigenvalue weighted by Gasteiger charge is 2.39. The largest absolute Gasteiger partial charge is 0.488 e. The number of amides is 1. The van der Waals surface area contributed by atoms with E-state index in [1.54, 1.807) is 6.07 Å². The van der Waals surface area contributed by atoms with Crippen LogP contribution in [-0.4, -0.2) is 36.2 Å². The van der Waals surface area contributed by atoms with Gasteiger partial charge in [0.1, 0.15) is 12.4 Å². The number of ether oxygens (including phenoxy) is 1. The maximum atomic E-state index is 12.9. The van der Waals surface area contributed by atoms with Crippen LogP contribution in [0, 0.1) is 11.8 Å². The van der Waals surface area contributed by atoms with Crippen molar-refractivity contribution < 1.29 is 14.6 Å². The van der Waals surface area contributed by atoms with Crippen LogP contribution < -0.4 is 15.4 Å². The maximum Gasteiger partial charge on any atom is 0.255 e. The van der Waals surface area contributed by atoms with Gasteiger partial charge in [0.25, 0.3) is 5.91 Å². The molecule has 2 fully saturated rings.